The predicted octanol–water partition coefficient (Wildman–Crippen LogP) is 5.85. The van der Waals surface area contributed by atoms with Crippen LogP contribution in [0.2, 0.25) is 0 Å². The summed E-state index contributed by atoms with van der Waals surface area (Å²) in [4.78, 5) is 9.42. The van der Waals surface area contributed by atoms with Crippen molar-refractivity contribution in [1.82, 2.24) is 9.97 Å². The average molecular weight is 389 g/mol. The number of fused-ring (bicyclic) bond motifs is 2. The van der Waals surface area contributed by atoms with Crippen molar-refractivity contribution in [1.29, 1.82) is 0 Å². The lowest BCUT2D eigenvalue weighted by atomic mass is 10.3. The Balaban J connectivity index is 1.60. The zero-order chi connectivity index (χ0) is 17.2. The van der Waals surface area contributed by atoms with Gasteiger partial charge < -0.3 is 9.47 Å². The Bertz CT molecular complexity index is 944. The highest BCUT2D eigenvalue weighted by Crippen LogP contribution is 2.39. The fourth-order valence-electron chi connectivity index (χ4n) is 2.45. The van der Waals surface area contributed by atoms with Crippen molar-refractivity contribution in [3.05, 3.63) is 36.4 Å². The number of thiazole rings is 2. The molecule has 0 spiro atoms. The Labute approximate surface area is 157 Å². The predicted molar refractivity (Wildman–Crippen MR) is 106 cm³/mol. The average Bonchev–Trinajstić information content (AvgIpc) is 3.17. The third kappa shape index (κ3) is 3.58. The van der Waals surface area contributed by atoms with Gasteiger partial charge in [0.15, 0.2) is 8.68 Å². The highest BCUT2D eigenvalue weighted by atomic mass is 32.2. The first kappa shape index (κ1) is 16.6. The first-order valence-corrected chi connectivity index (χ1v) is 10.4. The summed E-state index contributed by atoms with van der Waals surface area (Å²) in [6.45, 7) is 5.28. The van der Waals surface area contributed by atoms with Gasteiger partial charge in [0.05, 0.1) is 33.6 Å². The minimum atomic E-state index is 0.659. The molecule has 0 bridgehead atoms. The minimum absolute atomic E-state index is 0.659. The second-order valence-electron chi connectivity index (χ2n) is 5.19. The molecule has 0 aliphatic carbocycles. The fraction of sp³-hybridized carbons (Fsp3) is 0.222. The van der Waals surface area contributed by atoms with E-state index in [1.54, 1.807) is 34.4 Å². The number of nitrogens with zero attached hydrogens (tertiary/aromatic N) is 2. The van der Waals surface area contributed by atoms with E-state index in [4.69, 9.17) is 19.4 Å². The van der Waals surface area contributed by atoms with Gasteiger partial charge in [-0.1, -0.05) is 0 Å². The molecule has 7 heteroatoms. The van der Waals surface area contributed by atoms with Crippen molar-refractivity contribution in [3.63, 3.8) is 0 Å². The van der Waals surface area contributed by atoms with Crippen LogP contribution in [0.3, 0.4) is 0 Å². The van der Waals surface area contributed by atoms with E-state index in [2.05, 4.69) is 12.1 Å². The fourth-order valence-corrected chi connectivity index (χ4v) is 5.74. The van der Waals surface area contributed by atoms with Crippen molar-refractivity contribution in [2.75, 3.05) is 13.2 Å². The number of rotatable bonds is 6. The lowest BCUT2D eigenvalue weighted by Crippen LogP contribution is -1.90. The summed E-state index contributed by atoms with van der Waals surface area (Å²) >= 11 is 4.97. The van der Waals surface area contributed by atoms with Crippen LogP contribution < -0.4 is 9.47 Å². The maximum Gasteiger partial charge on any atom is 0.158 e. The van der Waals surface area contributed by atoms with E-state index in [0.29, 0.717) is 13.2 Å². The zero-order valence-corrected chi connectivity index (χ0v) is 16.3. The summed E-state index contributed by atoms with van der Waals surface area (Å²) < 4.78 is 15.4. The maximum absolute atomic E-state index is 5.55. The molecule has 4 nitrogen and oxygen atoms in total. The highest BCUT2D eigenvalue weighted by molar-refractivity contribution is 8.02. The Kier molecular flexibility index (Phi) is 4.78. The van der Waals surface area contributed by atoms with Gasteiger partial charge in [-0.3, -0.25) is 0 Å². The molecule has 0 saturated heterocycles. The van der Waals surface area contributed by atoms with Crippen molar-refractivity contribution in [2.24, 2.45) is 0 Å². The second-order valence-corrected chi connectivity index (χ2v) is 8.74. The van der Waals surface area contributed by atoms with Gasteiger partial charge in [0.2, 0.25) is 0 Å². The molecule has 25 heavy (non-hydrogen) atoms. The molecule has 0 atom stereocenters. The minimum Gasteiger partial charge on any atom is -0.494 e. The number of benzene rings is 2. The third-order valence-corrected chi connectivity index (χ3v) is 6.67. The van der Waals surface area contributed by atoms with Gasteiger partial charge >= 0.3 is 0 Å². The van der Waals surface area contributed by atoms with E-state index in [1.807, 2.05) is 38.1 Å². The third-order valence-electron chi connectivity index (χ3n) is 3.48. The first-order valence-electron chi connectivity index (χ1n) is 8.00. The summed E-state index contributed by atoms with van der Waals surface area (Å²) in [6.07, 6.45) is 0. The Morgan fingerprint density at radius 1 is 0.800 bits per heavy atom. The molecule has 0 aliphatic heterocycles. The topological polar surface area (TPSA) is 44.2 Å². The molecule has 0 amide bonds. The van der Waals surface area contributed by atoms with Gasteiger partial charge in [-0.2, -0.15) is 0 Å². The van der Waals surface area contributed by atoms with Gasteiger partial charge in [0, 0.05) is 12.1 Å². The van der Waals surface area contributed by atoms with Gasteiger partial charge in [-0.05, 0) is 49.9 Å². The summed E-state index contributed by atoms with van der Waals surface area (Å²) in [5.74, 6) is 1.72. The lowest BCUT2D eigenvalue weighted by Gasteiger charge is -2.00. The molecule has 2 aromatic heterocycles. The largest absolute Gasteiger partial charge is 0.494 e. The molecule has 0 saturated carbocycles. The van der Waals surface area contributed by atoms with E-state index in [-0.39, 0.29) is 0 Å². The Hall–Kier alpha value is -1.83. The van der Waals surface area contributed by atoms with Gasteiger partial charge in [-0.15, -0.1) is 22.7 Å². The van der Waals surface area contributed by atoms with Crippen molar-refractivity contribution in [3.8, 4) is 11.5 Å². The Morgan fingerprint density at radius 3 is 1.72 bits per heavy atom. The van der Waals surface area contributed by atoms with Crippen LogP contribution in [0.5, 0.6) is 11.5 Å². The highest BCUT2D eigenvalue weighted by Gasteiger charge is 2.11. The zero-order valence-electron chi connectivity index (χ0n) is 13.8. The van der Waals surface area contributed by atoms with Crippen LogP contribution in [0.1, 0.15) is 13.8 Å². The summed E-state index contributed by atoms with van der Waals surface area (Å²) in [7, 11) is 0. The van der Waals surface area contributed by atoms with Crippen LogP contribution in [0, 0.1) is 0 Å². The van der Waals surface area contributed by atoms with Crippen molar-refractivity contribution >= 4 is 54.9 Å². The van der Waals surface area contributed by atoms with E-state index >= 15 is 0 Å². The van der Waals surface area contributed by atoms with E-state index in [9.17, 15) is 0 Å². The van der Waals surface area contributed by atoms with Crippen LogP contribution in [-0.4, -0.2) is 23.2 Å². The van der Waals surface area contributed by atoms with Gasteiger partial charge in [-0.25, -0.2) is 9.97 Å². The molecule has 2 aromatic carbocycles. The van der Waals surface area contributed by atoms with Crippen molar-refractivity contribution in [2.45, 2.75) is 22.5 Å². The molecule has 4 aromatic rings. The molecule has 0 radical (unpaired) electrons. The monoisotopic (exact) mass is 388 g/mol. The number of ether oxygens (including phenoxy) is 2. The quantitative estimate of drug-likeness (QED) is 0.414. The molecule has 0 unspecified atom stereocenters. The van der Waals surface area contributed by atoms with E-state index in [1.165, 1.54) is 0 Å². The van der Waals surface area contributed by atoms with Crippen LogP contribution in [0.15, 0.2) is 45.1 Å². The molecular weight excluding hydrogens is 372 g/mol. The molecular formula is C18H16N2O2S3. The molecule has 0 N–H and O–H groups in total. The number of hydrogen-bond acceptors (Lipinski definition) is 7. The normalized spacial score (nSPS) is 11.3. The van der Waals surface area contributed by atoms with Crippen LogP contribution in [-0.2, 0) is 0 Å². The summed E-state index contributed by atoms with van der Waals surface area (Å²) in [5.41, 5.74) is 1.94. The standard InChI is InChI=1S/C18H16N2O2S3/c1-3-21-11-5-7-15-13(9-11)19-17(23-15)25-18-20-14-10-12(22-4-2)6-8-16(14)24-18/h5-10H,3-4H2,1-2H3. The number of aromatic nitrogens is 2. The second kappa shape index (κ2) is 7.19. The molecule has 0 fully saturated rings. The smallest absolute Gasteiger partial charge is 0.158 e. The number of hydrogen-bond donors (Lipinski definition) is 0. The molecule has 4 rings (SSSR count). The van der Waals surface area contributed by atoms with E-state index < -0.39 is 0 Å². The van der Waals surface area contributed by atoms with E-state index in [0.717, 1.165) is 40.6 Å². The molecule has 2 heterocycles. The SMILES string of the molecule is CCOc1ccc2sc(Sc3nc4cc(OCC)ccc4s3)nc2c1. The van der Waals surface area contributed by atoms with Crippen LogP contribution in [0.4, 0.5) is 0 Å². The van der Waals surface area contributed by atoms with Crippen LogP contribution in [0.25, 0.3) is 20.4 Å². The lowest BCUT2D eigenvalue weighted by molar-refractivity contribution is 0.340. The van der Waals surface area contributed by atoms with Crippen LogP contribution >= 0.6 is 34.4 Å². The first-order chi connectivity index (χ1) is 12.2. The maximum atomic E-state index is 5.55. The summed E-state index contributed by atoms with van der Waals surface area (Å²) in [6, 6.07) is 12.1. The summed E-state index contributed by atoms with van der Waals surface area (Å²) in [5, 5.41) is 0. The molecule has 0 aliphatic rings. The van der Waals surface area contributed by atoms with Crippen molar-refractivity contribution < 1.29 is 9.47 Å². The molecule has 128 valence electrons. The Morgan fingerprint density at radius 2 is 1.28 bits per heavy atom. The van der Waals surface area contributed by atoms with Gasteiger partial charge in [0.25, 0.3) is 0 Å². The van der Waals surface area contributed by atoms with Gasteiger partial charge in [0.1, 0.15) is 11.5 Å².